The van der Waals surface area contributed by atoms with Gasteiger partial charge in [0.1, 0.15) is 4.88 Å². The minimum atomic E-state index is -0.864. The molecular weight excluding hydrogens is 344 g/mol. The highest BCUT2D eigenvalue weighted by Crippen LogP contribution is 2.32. The SMILES string of the molecule is CCC(OCc1ccc(-c2ccc(C(=O)O)s2)c(C)c1)C1CCCCC1. The lowest BCUT2D eigenvalue weighted by molar-refractivity contribution is -0.0123. The summed E-state index contributed by atoms with van der Waals surface area (Å²) >= 11 is 1.32. The fourth-order valence-corrected chi connectivity index (χ4v) is 4.92. The zero-order chi connectivity index (χ0) is 18.5. The molecule has 1 aliphatic carbocycles. The summed E-state index contributed by atoms with van der Waals surface area (Å²) in [4.78, 5) is 12.5. The van der Waals surface area contributed by atoms with E-state index in [-0.39, 0.29) is 0 Å². The van der Waals surface area contributed by atoms with Gasteiger partial charge in [-0.1, -0.05) is 44.4 Å². The van der Waals surface area contributed by atoms with Gasteiger partial charge < -0.3 is 9.84 Å². The molecule has 140 valence electrons. The number of ether oxygens (including phenoxy) is 1. The molecule has 1 atom stereocenters. The maximum absolute atomic E-state index is 11.1. The average molecular weight is 373 g/mol. The molecule has 1 aromatic heterocycles. The molecule has 3 nitrogen and oxygen atoms in total. The molecule has 0 radical (unpaired) electrons. The van der Waals surface area contributed by atoms with Gasteiger partial charge >= 0.3 is 5.97 Å². The van der Waals surface area contributed by atoms with Crippen LogP contribution in [0.2, 0.25) is 0 Å². The van der Waals surface area contributed by atoms with Crippen LogP contribution in [0.3, 0.4) is 0 Å². The Bertz CT molecular complexity index is 744. The zero-order valence-electron chi connectivity index (χ0n) is 15.7. The van der Waals surface area contributed by atoms with E-state index in [4.69, 9.17) is 9.84 Å². The van der Waals surface area contributed by atoms with Crippen molar-refractivity contribution in [2.45, 2.75) is 65.1 Å². The summed E-state index contributed by atoms with van der Waals surface area (Å²) in [7, 11) is 0. The van der Waals surface area contributed by atoms with Crippen LogP contribution in [0.25, 0.3) is 10.4 Å². The molecule has 0 spiro atoms. The summed E-state index contributed by atoms with van der Waals surface area (Å²) in [5.41, 5.74) is 3.46. The Kier molecular flexibility index (Phi) is 6.49. The van der Waals surface area contributed by atoms with E-state index in [9.17, 15) is 4.79 Å². The molecule has 1 heterocycles. The Morgan fingerprint density at radius 3 is 2.62 bits per heavy atom. The van der Waals surface area contributed by atoms with Gasteiger partial charge in [-0.05, 0) is 60.9 Å². The lowest BCUT2D eigenvalue weighted by Gasteiger charge is -2.29. The van der Waals surface area contributed by atoms with E-state index >= 15 is 0 Å². The number of rotatable bonds is 7. The van der Waals surface area contributed by atoms with Crippen LogP contribution >= 0.6 is 11.3 Å². The van der Waals surface area contributed by atoms with Crippen molar-refractivity contribution >= 4 is 17.3 Å². The molecule has 1 aromatic carbocycles. The fourth-order valence-electron chi connectivity index (χ4n) is 3.99. The van der Waals surface area contributed by atoms with Crippen molar-refractivity contribution in [3.8, 4) is 10.4 Å². The first-order valence-corrected chi connectivity index (χ1v) is 10.4. The number of aryl methyl sites for hydroxylation is 1. The number of hydrogen-bond acceptors (Lipinski definition) is 3. The maximum atomic E-state index is 11.1. The van der Waals surface area contributed by atoms with Gasteiger partial charge in [-0.2, -0.15) is 0 Å². The van der Waals surface area contributed by atoms with E-state index in [1.165, 1.54) is 49.0 Å². The number of carbonyl (C=O) groups is 1. The molecule has 1 fully saturated rings. The Balaban J connectivity index is 1.65. The molecule has 0 saturated heterocycles. The summed E-state index contributed by atoms with van der Waals surface area (Å²) < 4.78 is 6.28. The highest BCUT2D eigenvalue weighted by atomic mass is 32.1. The monoisotopic (exact) mass is 372 g/mol. The number of hydrogen-bond donors (Lipinski definition) is 1. The number of aromatic carboxylic acids is 1. The highest BCUT2D eigenvalue weighted by molar-refractivity contribution is 7.17. The summed E-state index contributed by atoms with van der Waals surface area (Å²) in [6.45, 7) is 4.96. The van der Waals surface area contributed by atoms with E-state index in [2.05, 4.69) is 32.0 Å². The first-order valence-electron chi connectivity index (χ1n) is 9.63. The molecule has 1 N–H and O–H groups in total. The highest BCUT2D eigenvalue weighted by Gasteiger charge is 2.23. The van der Waals surface area contributed by atoms with Gasteiger partial charge in [-0.25, -0.2) is 4.79 Å². The molecule has 0 amide bonds. The predicted octanol–water partition coefficient (Wildman–Crippen LogP) is 6.30. The van der Waals surface area contributed by atoms with Crippen LogP contribution < -0.4 is 0 Å². The topological polar surface area (TPSA) is 46.5 Å². The zero-order valence-corrected chi connectivity index (χ0v) is 16.5. The van der Waals surface area contributed by atoms with Crippen molar-refractivity contribution in [3.63, 3.8) is 0 Å². The Morgan fingerprint density at radius 1 is 1.23 bits per heavy atom. The van der Waals surface area contributed by atoms with Crippen molar-refractivity contribution in [3.05, 3.63) is 46.3 Å². The molecule has 1 saturated carbocycles. The van der Waals surface area contributed by atoms with Gasteiger partial charge in [0.05, 0.1) is 12.7 Å². The second kappa shape index (κ2) is 8.83. The van der Waals surface area contributed by atoms with Crippen LogP contribution in [0.15, 0.2) is 30.3 Å². The smallest absolute Gasteiger partial charge is 0.345 e. The quantitative estimate of drug-likeness (QED) is 0.620. The molecular formula is C22H28O3S. The second-order valence-electron chi connectivity index (χ2n) is 7.27. The van der Waals surface area contributed by atoms with Crippen LogP contribution in [0.5, 0.6) is 0 Å². The van der Waals surface area contributed by atoms with Crippen molar-refractivity contribution in [2.24, 2.45) is 5.92 Å². The van der Waals surface area contributed by atoms with Gasteiger partial charge in [-0.3, -0.25) is 0 Å². The molecule has 4 heteroatoms. The number of thiophene rings is 1. The van der Waals surface area contributed by atoms with E-state index in [0.717, 1.165) is 28.3 Å². The standard InChI is InChI=1S/C22H28O3S/c1-3-19(17-7-5-4-6-8-17)25-14-16-9-10-18(15(2)13-16)20-11-12-21(26-20)22(23)24/h9-13,17,19H,3-8,14H2,1-2H3,(H,23,24). The maximum Gasteiger partial charge on any atom is 0.345 e. The lowest BCUT2D eigenvalue weighted by atomic mass is 9.84. The summed E-state index contributed by atoms with van der Waals surface area (Å²) in [6.07, 6.45) is 8.12. The Hall–Kier alpha value is -1.65. The molecule has 1 unspecified atom stereocenters. The van der Waals surface area contributed by atoms with E-state index < -0.39 is 5.97 Å². The average Bonchev–Trinajstić information content (AvgIpc) is 3.13. The first kappa shape index (κ1) is 19.1. The van der Waals surface area contributed by atoms with E-state index in [1.807, 2.05) is 6.07 Å². The Morgan fingerprint density at radius 2 is 2.00 bits per heavy atom. The van der Waals surface area contributed by atoms with Crippen molar-refractivity contribution < 1.29 is 14.6 Å². The first-order chi connectivity index (χ1) is 12.6. The lowest BCUT2D eigenvalue weighted by Crippen LogP contribution is -2.25. The van der Waals surface area contributed by atoms with Gasteiger partial charge in [0.15, 0.2) is 0 Å². The van der Waals surface area contributed by atoms with E-state index in [1.54, 1.807) is 6.07 Å². The Labute approximate surface area is 160 Å². The molecule has 1 aliphatic rings. The van der Waals surface area contributed by atoms with Crippen molar-refractivity contribution in [1.82, 2.24) is 0 Å². The number of benzene rings is 1. The second-order valence-corrected chi connectivity index (χ2v) is 8.36. The molecule has 26 heavy (non-hydrogen) atoms. The third-order valence-corrected chi connectivity index (χ3v) is 6.52. The van der Waals surface area contributed by atoms with Gasteiger partial charge in [0.2, 0.25) is 0 Å². The summed E-state index contributed by atoms with van der Waals surface area (Å²) in [6, 6.07) is 9.93. The number of carboxylic acid groups (broad SMARTS) is 1. The summed E-state index contributed by atoms with van der Waals surface area (Å²) in [5.74, 6) is -0.146. The third-order valence-electron chi connectivity index (χ3n) is 5.42. The van der Waals surface area contributed by atoms with Gasteiger partial charge in [-0.15, -0.1) is 11.3 Å². The molecule has 0 aliphatic heterocycles. The van der Waals surface area contributed by atoms with Gasteiger partial charge in [0.25, 0.3) is 0 Å². The molecule has 2 aromatic rings. The van der Waals surface area contributed by atoms with Crippen molar-refractivity contribution in [2.75, 3.05) is 0 Å². The third kappa shape index (κ3) is 4.54. The molecule has 0 bridgehead atoms. The van der Waals surface area contributed by atoms with E-state index in [0.29, 0.717) is 17.6 Å². The van der Waals surface area contributed by atoms with Gasteiger partial charge in [0, 0.05) is 4.88 Å². The predicted molar refractivity (Wildman–Crippen MR) is 107 cm³/mol. The van der Waals surface area contributed by atoms with Crippen molar-refractivity contribution in [1.29, 1.82) is 0 Å². The minimum absolute atomic E-state index is 0.366. The number of carboxylic acids is 1. The minimum Gasteiger partial charge on any atom is -0.477 e. The molecule has 3 rings (SSSR count). The van der Waals surface area contributed by atoms with Crippen LogP contribution in [0.1, 0.15) is 66.2 Å². The normalized spacial score (nSPS) is 16.5. The van der Waals surface area contributed by atoms with Crippen LogP contribution in [0.4, 0.5) is 0 Å². The van der Waals surface area contributed by atoms with Crippen LogP contribution in [-0.4, -0.2) is 17.2 Å². The summed E-state index contributed by atoms with van der Waals surface area (Å²) in [5, 5.41) is 9.11. The fraction of sp³-hybridized carbons (Fsp3) is 0.500. The largest absolute Gasteiger partial charge is 0.477 e. The van der Waals surface area contributed by atoms with Crippen LogP contribution in [-0.2, 0) is 11.3 Å². The van der Waals surface area contributed by atoms with Crippen LogP contribution in [0, 0.1) is 12.8 Å².